The third-order valence-corrected chi connectivity index (χ3v) is 5.88. The van der Waals surface area contributed by atoms with E-state index in [4.69, 9.17) is 9.84 Å². The van der Waals surface area contributed by atoms with Gasteiger partial charge in [0, 0.05) is 30.3 Å². The third kappa shape index (κ3) is 3.64. The summed E-state index contributed by atoms with van der Waals surface area (Å²) in [6.07, 6.45) is 5.01. The van der Waals surface area contributed by atoms with Crippen molar-refractivity contribution in [3.05, 3.63) is 47.3 Å². The van der Waals surface area contributed by atoms with E-state index in [0.717, 1.165) is 56.4 Å². The molecule has 0 bridgehead atoms. The molecule has 144 valence electrons. The minimum atomic E-state index is -0.0585. The van der Waals surface area contributed by atoms with Crippen molar-refractivity contribution in [2.45, 2.75) is 32.1 Å². The molecule has 0 radical (unpaired) electrons. The monoisotopic (exact) mass is 368 g/mol. The van der Waals surface area contributed by atoms with Crippen molar-refractivity contribution in [1.29, 1.82) is 0 Å². The summed E-state index contributed by atoms with van der Waals surface area (Å²) in [4.78, 5) is 13.0. The van der Waals surface area contributed by atoms with E-state index in [1.807, 2.05) is 35.0 Å². The predicted octanol–water partition coefficient (Wildman–Crippen LogP) is 2.11. The number of carbonyl (C=O) groups is 1. The number of rotatable bonds is 6. The number of hydrogen-bond acceptors (Lipinski definition) is 4. The molecule has 1 aromatic carbocycles. The van der Waals surface area contributed by atoms with Crippen LogP contribution in [0.15, 0.2) is 30.3 Å². The number of ether oxygens (including phenoxy) is 1. The summed E-state index contributed by atoms with van der Waals surface area (Å²) in [6.45, 7) is 3.24. The Labute approximate surface area is 160 Å². The number of fused-ring (bicyclic) bond motifs is 1. The van der Waals surface area contributed by atoms with Crippen LogP contribution in [0.5, 0.6) is 0 Å². The van der Waals surface area contributed by atoms with Crippen LogP contribution in [0.3, 0.4) is 0 Å². The SMILES string of the molecule is COCC1(CNC(=O)c2nn(-c3ccccc3)c3c2CCC3)CCNCC1. The largest absolute Gasteiger partial charge is 0.384 e. The number of nitrogens with zero attached hydrogens (tertiary/aromatic N) is 2. The van der Waals surface area contributed by atoms with E-state index in [1.54, 1.807) is 7.11 Å². The average Bonchev–Trinajstić information content (AvgIpc) is 3.31. The van der Waals surface area contributed by atoms with E-state index >= 15 is 0 Å². The van der Waals surface area contributed by atoms with Gasteiger partial charge < -0.3 is 15.4 Å². The van der Waals surface area contributed by atoms with Gasteiger partial charge in [-0.1, -0.05) is 18.2 Å². The number of piperidine rings is 1. The zero-order valence-electron chi connectivity index (χ0n) is 16.0. The molecule has 1 fully saturated rings. The smallest absolute Gasteiger partial charge is 0.272 e. The van der Waals surface area contributed by atoms with Gasteiger partial charge in [-0.05, 0) is 57.3 Å². The van der Waals surface area contributed by atoms with Crippen LogP contribution in [0.25, 0.3) is 5.69 Å². The molecule has 27 heavy (non-hydrogen) atoms. The van der Waals surface area contributed by atoms with Crippen molar-refractivity contribution >= 4 is 5.91 Å². The Morgan fingerprint density at radius 1 is 1.26 bits per heavy atom. The van der Waals surface area contributed by atoms with Crippen LogP contribution in [0.4, 0.5) is 0 Å². The molecule has 1 saturated heterocycles. The first-order chi connectivity index (χ1) is 13.2. The Bertz CT molecular complexity index is 789. The molecule has 1 aromatic heterocycles. The van der Waals surface area contributed by atoms with Crippen molar-refractivity contribution < 1.29 is 9.53 Å². The fourth-order valence-electron chi connectivity index (χ4n) is 4.39. The van der Waals surface area contributed by atoms with E-state index in [9.17, 15) is 4.79 Å². The minimum absolute atomic E-state index is 0.0147. The Kier molecular flexibility index (Phi) is 5.27. The molecule has 6 heteroatoms. The van der Waals surface area contributed by atoms with Gasteiger partial charge in [-0.3, -0.25) is 4.79 Å². The molecule has 2 N–H and O–H groups in total. The molecule has 2 aliphatic rings. The lowest BCUT2D eigenvalue weighted by Gasteiger charge is -2.37. The topological polar surface area (TPSA) is 68.2 Å². The van der Waals surface area contributed by atoms with E-state index < -0.39 is 0 Å². The van der Waals surface area contributed by atoms with E-state index in [0.29, 0.717) is 18.8 Å². The molecule has 2 aromatic rings. The summed E-state index contributed by atoms with van der Waals surface area (Å²) in [6, 6.07) is 10.1. The molecular formula is C21H28N4O2. The predicted molar refractivity (Wildman–Crippen MR) is 104 cm³/mol. The van der Waals surface area contributed by atoms with Crippen molar-refractivity contribution in [2.24, 2.45) is 5.41 Å². The van der Waals surface area contributed by atoms with Gasteiger partial charge >= 0.3 is 0 Å². The van der Waals surface area contributed by atoms with Crippen molar-refractivity contribution in [3.63, 3.8) is 0 Å². The van der Waals surface area contributed by atoms with Gasteiger partial charge in [0.1, 0.15) is 0 Å². The highest BCUT2D eigenvalue weighted by Gasteiger charge is 2.34. The van der Waals surface area contributed by atoms with Gasteiger partial charge in [0.05, 0.1) is 12.3 Å². The lowest BCUT2D eigenvalue weighted by molar-refractivity contribution is 0.0510. The number of carbonyl (C=O) groups excluding carboxylic acids is 1. The second-order valence-corrected chi connectivity index (χ2v) is 7.74. The molecule has 4 rings (SSSR count). The highest BCUT2D eigenvalue weighted by Crippen LogP contribution is 2.30. The molecule has 1 amide bonds. The highest BCUT2D eigenvalue weighted by atomic mass is 16.5. The average molecular weight is 368 g/mol. The van der Waals surface area contributed by atoms with Crippen LogP contribution in [0.1, 0.15) is 41.0 Å². The Morgan fingerprint density at radius 3 is 2.78 bits per heavy atom. The molecule has 1 aliphatic carbocycles. The summed E-state index contributed by atoms with van der Waals surface area (Å²) < 4.78 is 7.41. The van der Waals surface area contributed by atoms with Crippen LogP contribution < -0.4 is 10.6 Å². The third-order valence-electron chi connectivity index (χ3n) is 5.88. The summed E-state index contributed by atoms with van der Waals surface area (Å²) in [5.41, 5.74) is 3.92. The number of benzene rings is 1. The fourth-order valence-corrected chi connectivity index (χ4v) is 4.39. The van der Waals surface area contributed by atoms with Crippen LogP contribution in [0.2, 0.25) is 0 Å². The molecule has 0 unspecified atom stereocenters. The first-order valence-electron chi connectivity index (χ1n) is 9.86. The number of para-hydroxylation sites is 1. The number of aromatic nitrogens is 2. The summed E-state index contributed by atoms with van der Waals surface area (Å²) >= 11 is 0. The van der Waals surface area contributed by atoms with Gasteiger partial charge in [-0.2, -0.15) is 5.10 Å². The molecular weight excluding hydrogens is 340 g/mol. The second kappa shape index (κ2) is 7.82. The van der Waals surface area contributed by atoms with E-state index in [1.165, 1.54) is 5.69 Å². The number of methoxy groups -OCH3 is 1. The Morgan fingerprint density at radius 2 is 2.04 bits per heavy atom. The van der Waals surface area contributed by atoms with Gasteiger partial charge in [0.2, 0.25) is 0 Å². The Balaban J connectivity index is 1.54. The zero-order valence-corrected chi connectivity index (χ0v) is 16.0. The maximum atomic E-state index is 13.0. The van der Waals surface area contributed by atoms with Crippen LogP contribution in [-0.4, -0.2) is 49.0 Å². The zero-order chi connectivity index (χ0) is 18.7. The first-order valence-corrected chi connectivity index (χ1v) is 9.86. The van der Waals surface area contributed by atoms with Crippen molar-refractivity contribution in [1.82, 2.24) is 20.4 Å². The van der Waals surface area contributed by atoms with Gasteiger partial charge in [0.15, 0.2) is 5.69 Å². The van der Waals surface area contributed by atoms with E-state index in [-0.39, 0.29) is 11.3 Å². The molecule has 0 spiro atoms. The quantitative estimate of drug-likeness (QED) is 0.819. The lowest BCUT2D eigenvalue weighted by Crippen LogP contribution is -2.47. The molecule has 1 aliphatic heterocycles. The molecule has 2 heterocycles. The standard InChI is InChI=1S/C21H28N4O2/c1-27-15-21(10-12-22-13-11-21)14-23-20(26)19-17-8-5-9-18(17)25(24-19)16-6-3-2-4-7-16/h2-4,6-7,22H,5,8-15H2,1H3,(H,23,26). The number of nitrogens with one attached hydrogen (secondary N) is 2. The molecule has 0 atom stereocenters. The maximum absolute atomic E-state index is 13.0. The van der Waals surface area contributed by atoms with Crippen molar-refractivity contribution in [2.75, 3.05) is 33.4 Å². The van der Waals surface area contributed by atoms with Crippen LogP contribution >= 0.6 is 0 Å². The molecule has 0 saturated carbocycles. The van der Waals surface area contributed by atoms with Crippen LogP contribution in [-0.2, 0) is 17.6 Å². The highest BCUT2D eigenvalue weighted by molar-refractivity contribution is 5.94. The van der Waals surface area contributed by atoms with Gasteiger partial charge in [0.25, 0.3) is 5.91 Å². The normalized spacial score (nSPS) is 18.3. The molecule has 6 nitrogen and oxygen atoms in total. The van der Waals surface area contributed by atoms with Crippen LogP contribution in [0, 0.1) is 5.41 Å². The summed E-state index contributed by atoms with van der Waals surface area (Å²) in [7, 11) is 1.74. The van der Waals surface area contributed by atoms with Gasteiger partial charge in [-0.15, -0.1) is 0 Å². The van der Waals surface area contributed by atoms with Gasteiger partial charge in [-0.25, -0.2) is 4.68 Å². The number of amides is 1. The summed E-state index contributed by atoms with van der Waals surface area (Å²) in [5.74, 6) is -0.0585. The van der Waals surface area contributed by atoms with Crippen molar-refractivity contribution in [3.8, 4) is 5.69 Å². The summed E-state index contributed by atoms with van der Waals surface area (Å²) in [5, 5.41) is 11.3. The maximum Gasteiger partial charge on any atom is 0.272 e. The lowest BCUT2D eigenvalue weighted by atomic mass is 9.79. The number of hydrogen-bond donors (Lipinski definition) is 2. The second-order valence-electron chi connectivity index (χ2n) is 7.74. The first kappa shape index (κ1) is 18.2. The van der Waals surface area contributed by atoms with E-state index in [2.05, 4.69) is 10.6 Å². The Hall–Kier alpha value is -2.18. The minimum Gasteiger partial charge on any atom is -0.384 e. The fraction of sp³-hybridized carbons (Fsp3) is 0.524.